The van der Waals surface area contributed by atoms with Crippen LogP contribution >= 0.6 is 15.9 Å². The second-order valence-electron chi connectivity index (χ2n) is 5.66. The van der Waals surface area contributed by atoms with Crippen LogP contribution < -0.4 is 5.32 Å². The summed E-state index contributed by atoms with van der Waals surface area (Å²) in [6.45, 7) is 0. The number of hydrogen-bond acceptors (Lipinski definition) is 2. The number of rotatable bonds is 5. The first-order valence-corrected chi connectivity index (χ1v) is 8.63. The van der Waals surface area contributed by atoms with Crippen molar-refractivity contribution in [3.05, 3.63) is 76.6 Å². The van der Waals surface area contributed by atoms with Gasteiger partial charge in [0, 0.05) is 29.7 Å². The van der Waals surface area contributed by atoms with E-state index >= 15 is 0 Å². The highest BCUT2D eigenvalue weighted by Gasteiger charge is 2.21. The highest BCUT2D eigenvalue weighted by molar-refractivity contribution is 9.10. The molecule has 2 aromatic carbocycles. The number of nitrogens with zero attached hydrogens (tertiary/aromatic N) is 2. The van der Waals surface area contributed by atoms with E-state index in [2.05, 4.69) is 26.3 Å². The SMILES string of the molecule is CNC(=O)[C@H](Cc1cc(F)cc(Br)c1)n1ccc(-c2ccccc2)n1. The molecule has 0 spiro atoms. The van der Waals surface area contributed by atoms with E-state index in [1.165, 1.54) is 12.1 Å². The smallest absolute Gasteiger partial charge is 0.244 e. The summed E-state index contributed by atoms with van der Waals surface area (Å²) in [4.78, 5) is 12.4. The molecule has 4 nitrogen and oxygen atoms in total. The summed E-state index contributed by atoms with van der Waals surface area (Å²) in [7, 11) is 1.58. The summed E-state index contributed by atoms with van der Waals surface area (Å²) in [6.07, 6.45) is 2.11. The van der Waals surface area contributed by atoms with Gasteiger partial charge in [0.2, 0.25) is 5.91 Å². The first-order chi connectivity index (χ1) is 12.1. The Kier molecular flexibility index (Phi) is 5.28. The van der Waals surface area contributed by atoms with Crippen molar-refractivity contribution in [1.29, 1.82) is 0 Å². The van der Waals surface area contributed by atoms with Gasteiger partial charge in [-0.15, -0.1) is 0 Å². The molecule has 128 valence electrons. The van der Waals surface area contributed by atoms with Crippen LogP contribution in [0.5, 0.6) is 0 Å². The zero-order chi connectivity index (χ0) is 17.8. The maximum absolute atomic E-state index is 13.6. The van der Waals surface area contributed by atoms with Crippen molar-refractivity contribution in [2.75, 3.05) is 7.05 Å². The fraction of sp³-hybridized carbons (Fsp3) is 0.158. The van der Waals surface area contributed by atoms with Gasteiger partial charge < -0.3 is 5.32 Å². The van der Waals surface area contributed by atoms with E-state index in [4.69, 9.17) is 0 Å². The molecule has 1 heterocycles. The minimum Gasteiger partial charge on any atom is -0.357 e. The predicted molar refractivity (Wildman–Crippen MR) is 98.6 cm³/mol. The van der Waals surface area contributed by atoms with Gasteiger partial charge in [0.1, 0.15) is 11.9 Å². The largest absolute Gasteiger partial charge is 0.357 e. The predicted octanol–water partition coefficient (Wildman–Crippen LogP) is 3.98. The lowest BCUT2D eigenvalue weighted by molar-refractivity contribution is -0.124. The number of carbonyl (C=O) groups is 1. The lowest BCUT2D eigenvalue weighted by Crippen LogP contribution is -2.31. The van der Waals surface area contributed by atoms with Crippen molar-refractivity contribution in [1.82, 2.24) is 15.1 Å². The van der Waals surface area contributed by atoms with Crippen LogP contribution in [0.3, 0.4) is 0 Å². The Bertz CT molecular complexity index is 859. The molecule has 0 bridgehead atoms. The van der Waals surface area contributed by atoms with E-state index < -0.39 is 6.04 Å². The quantitative estimate of drug-likeness (QED) is 0.702. The molecule has 0 unspecified atom stereocenters. The number of amides is 1. The van der Waals surface area contributed by atoms with E-state index in [9.17, 15) is 9.18 Å². The molecule has 1 atom stereocenters. The van der Waals surface area contributed by atoms with Crippen molar-refractivity contribution >= 4 is 21.8 Å². The Labute approximate surface area is 153 Å². The number of halogens is 2. The number of carbonyl (C=O) groups excluding carboxylic acids is 1. The summed E-state index contributed by atoms with van der Waals surface area (Å²) in [5.41, 5.74) is 2.48. The van der Waals surface area contributed by atoms with Crippen LogP contribution in [0.25, 0.3) is 11.3 Å². The molecule has 1 aromatic heterocycles. The summed E-state index contributed by atoms with van der Waals surface area (Å²) in [6, 6.07) is 15.7. The highest BCUT2D eigenvalue weighted by Crippen LogP contribution is 2.22. The van der Waals surface area contributed by atoms with Crippen LogP contribution in [0, 0.1) is 5.82 Å². The van der Waals surface area contributed by atoms with Gasteiger partial charge in [0.25, 0.3) is 0 Å². The molecule has 3 rings (SSSR count). The normalized spacial score (nSPS) is 12.0. The maximum Gasteiger partial charge on any atom is 0.244 e. The Balaban J connectivity index is 1.91. The molecule has 1 amide bonds. The van der Waals surface area contributed by atoms with Gasteiger partial charge in [-0.25, -0.2) is 4.39 Å². The van der Waals surface area contributed by atoms with Crippen LogP contribution in [-0.4, -0.2) is 22.7 Å². The molecular formula is C19H17BrFN3O. The van der Waals surface area contributed by atoms with E-state index in [0.29, 0.717) is 10.9 Å². The third kappa shape index (κ3) is 4.14. The second-order valence-corrected chi connectivity index (χ2v) is 6.57. The Morgan fingerprint density at radius 2 is 2.00 bits per heavy atom. The third-order valence-corrected chi connectivity index (χ3v) is 4.36. The number of benzene rings is 2. The van der Waals surface area contributed by atoms with Crippen molar-refractivity contribution in [2.45, 2.75) is 12.5 Å². The van der Waals surface area contributed by atoms with Crippen LogP contribution in [-0.2, 0) is 11.2 Å². The van der Waals surface area contributed by atoms with E-state index in [1.807, 2.05) is 36.4 Å². The van der Waals surface area contributed by atoms with Crippen LogP contribution in [0.15, 0.2) is 65.3 Å². The van der Waals surface area contributed by atoms with Gasteiger partial charge in [-0.2, -0.15) is 5.10 Å². The maximum atomic E-state index is 13.6. The minimum absolute atomic E-state index is 0.178. The molecule has 25 heavy (non-hydrogen) atoms. The first kappa shape index (κ1) is 17.4. The molecule has 1 N–H and O–H groups in total. The van der Waals surface area contributed by atoms with Gasteiger partial charge in [-0.05, 0) is 29.8 Å². The number of aromatic nitrogens is 2. The Morgan fingerprint density at radius 3 is 2.68 bits per heavy atom. The first-order valence-electron chi connectivity index (χ1n) is 7.84. The molecule has 0 aliphatic carbocycles. The fourth-order valence-corrected chi connectivity index (χ4v) is 3.21. The van der Waals surface area contributed by atoms with Gasteiger partial charge in [-0.1, -0.05) is 46.3 Å². The van der Waals surface area contributed by atoms with Crippen LogP contribution in [0.2, 0.25) is 0 Å². The summed E-state index contributed by atoms with van der Waals surface area (Å²) in [5.74, 6) is -0.520. The minimum atomic E-state index is -0.559. The zero-order valence-corrected chi connectivity index (χ0v) is 15.2. The molecule has 0 saturated carbocycles. The standard InChI is InChI=1S/C19H17BrFN3O/c1-22-19(25)18(11-13-9-15(20)12-16(21)10-13)24-8-7-17(23-24)14-5-3-2-4-6-14/h2-10,12,18H,11H2,1H3,(H,22,25)/t18-/m0/s1. The average Bonchev–Trinajstić information content (AvgIpc) is 3.09. The summed E-state index contributed by atoms with van der Waals surface area (Å²) in [5, 5.41) is 7.20. The monoisotopic (exact) mass is 401 g/mol. The number of hydrogen-bond donors (Lipinski definition) is 1. The number of likely N-dealkylation sites (N-methyl/N-ethyl adjacent to an activating group) is 1. The van der Waals surface area contributed by atoms with Crippen LogP contribution in [0.1, 0.15) is 11.6 Å². The zero-order valence-electron chi connectivity index (χ0n) is 13.6. The average molecular weight is 402 g/mol. The molecule has 0 fully saturated rings. The highest BCUT2D eigenvalue weighted by atomic mass is 79.9. The van der Waals surface area contributed by atoms with E-state index in [1.54, 1.807) is 24.0 Å². The Hall–Kier alpha value is -2.47. The molecule has 3 aromatic rings. The lowest BCUT2D eigenvalue weighted by atomic mass is 10.1. The number of nitrogens with one attached hydrogen (secondary N) is 1. The van der Waals surface area contributed by atoms with E-state index in [-0.39, 0.29) is 11.7 Å². The van der Waals surface area contributed by atoms with E-state index in [0.717, 1.165) is 16.8 Å². The van der Waals surface area contributed by atoms with Crippen molar-refractivity contribution < 1.29 is 9.18 Å². The van der Waals surface area contributed by atoms with Crippen molar-refractivity contribution in [2.24, 2.45) is 0 Å². The molecule has 0 saturated heterocycles. The van der Waals surface area contributed by atoms with Gasteiger partial charge >= 0.3 is 0 Å². The van der Waals surface area contributed by atoms with Crippen molar-refractivity contribution in [3.8, 4) is 11.3 Å². The van der Waals surface area contributed by atoms with Gasteiger partial charge in [0.15, 0.2) is 0 Å². The third-order valence-electron chi connectivity index (χ3n) is 3.90. The topological polar surface area (TPSA) is 46.9 Å². The molecule has 0 aliphatic heterocycles. The molecule has 0 aliphatic rings. The van der Waals surface area contributed by atoms with Gasteiger partial charge in [-0.3, -0.25) is 9.48 Å². The molecule has 6 heteroatoms. The molecule has 0 radical (unpaired) electrons. The fourth-order valence-electron chi connectivity index (χ4n) is 2.70. The Morgan fingerprint density at radius 1 is 1.24 bits per heavy atom. The summed E-state index contributed by atoms with van der Waals surface area (Å²) < 4.78 is 15.9. The second kappa shape index (κ2) is 7.61. The summed E-state index contributed by atoms with van der Waals surface area (Å²) >= 11 is 3.28. The molecular weight excluding hydrogens is 385 g/mol. The van der Waals surface area contributed by atoms with Gasteiger partial charge in [0.05, 0.1) is 5.69 Å². The van der Waals surface area contributed by atoms with Crippen molar-refractivity contribution in [3.63, 3.8) is 0 Å². The van der Waals surface area contributed by atoms with Crippen LogP contribution in [0.4, 0.5) is 4.39 Å². The lowest BCUT2D eigenvalue weighted by Gasteiger charge is -2.16.